The van der Waals surface area contributed by atoms with Gasteiger partial charge in [-0.05, 0) is 42.8 Å². The molecule has 0 unspecified atom stereocenters. The molecule has 0 aliphatic carbocycles. The van der Waals surface area contributed by atoms with Gasteiger partial charge in [-0.25, -0.2) is 22.9 Å². The number of nitrogens with one attached hydrogen (secondary N) is 1. The molecule has 8 nitrogen and oxygen atoms in total. The van der Waals surface area contributed by atoms with Crippen molar-refractivity contribution in [2.75, 3.05) is 4.72 Å². The van der Waals surface area contributed by atoms with Crippen LogP contribution in [0.2, 0.25) is 0 Å². The van der Waals surface area contributed by atoms with E-state index in [9.17, 15) is 13.2 Å². The molecule has 9 heteroatoms. The van der Waals surface area contributed by atoms with E-state index in [-0.39, 0.29) is 16.1 Å². The van der Waals surface area contributed by atoms with Crippen LogP contribution in [-0.2, 0) is 10.0 Å². The zero-order valence-electron chi connectivity index (χ0n) is 13.1. The summed E-state index contributed by atoms with van der Waals surface area (Å²) < 4.78 is 28.8. The predicted molar refractivity (Wildman–Crippen MR) is 90.3 cm³/mol. The van der Waals surface area contributed by atoms with E-state index in [1.165, 1.54) is 23.0 Å². The molecular weight excluding hydrogens is 344 g/mol. The molecule has 0 atom stereocenters. The van der Waals surface area contributed by atoms with Gasteiger partial charge < -0.3 is 5.11 Å². The zero-order chi connectivity index (χ0) is 18.0. The number of carboxylic acid groups (broad SMARTS) is 1. The van der Waals surface area contributed by atoms with Crippen LogP contribution in [0.1, 0.15) is 15.9 Å². The molecule has 0 radical (unpaired) electrons. The van der Waals surface area contributed by atoms with Gasteiger partial charge in [-0.2, -0.15) is 5.10 Å². The van der Waals surface area contributed by atoms with Crippen molar-refractivity contribution in [1.29, 1.82) is 0 Å². The maximum Gasteiger partial charge on any atom is 0.335 e. The summed E-state index contributed by atoms with van der Waals surface area (Å²) >= 11 is 0. The number of carboxylic acids is 1. The fourth-order valence-corrected chi connectivity index (χ4v) is 3.27. The number of sulfonamides is 1. The second kappa shape index (κ2) is 6.36. The van der Waals surface area contributed by atoms with E-state index in [0.29, 0.717) is 11.4 Å². The maximum absolute atomic E-state index is 12.5. The van der Waals surface area contributed by atoms with Gasteiger partial charge in [-0.3, -0.25) is 4.72 Å². The molecular formula is C16H14N4O4S. The number of nitrogens with zero attached hydrogens (tertiary/aromatic N) is 3. The highest BCUT2D eigenvalue weighted by molar-refractivity contribution is 7.92. The number of hydrogen-bond donors (Lipinski definition) is 2. The molecule has 128 valence electrons. The van der Waals surface area contributed by atoms with E-state index >= 15 is 0 Å². The number of pyridine rings is 1. The van der Waals surface area contributed by atoms with Crippen LogP contribution in [0.3, 0.4) is 0 Å². The lowest BCUT2D eigenvalue weighted by Crippen LogP contribution is -2.14. The largest absolute Gasteiger partial charge is 0.478 e. The van der Waals surface area contributed by atoms with Crippen LogP contribution in [0.4, 0.5) is 5.69 Å². The Labute approximate surface area is 143 Å². The van der Waals surface area contributed by atoms with Gasteiger partial charge in [0.15, 0.2) is 5.82 Å². The lowest BCUT2D eigenvalue weighted by molar-refractivity contribution is 0.0696. The molecule has 0 spiro atoms. The molecule has 0 amide bonds. The van der Waals surface area contributed by atoms with Gasteiger partial charge in [0.1, 0.15) is 0 Å². The standard InChI is InChI=1S/C16H14N4O4S/c1-11-3-5-13(9-14(11)16(21)22)25(23,24)19-12-4-6-15(17-10-12)20-8-2-7-18-20/h2-10,19H,1H3,(H,21,22). The number of aromatic carboxylic acids is 1. The first kappa shape index (κ1) is 16.7. The minimum atomic E-state index is -3.93. The van der Waals surface area contributed by atoms with Crippen LogP contribution in [-0.4, -0.2) is 34.3 Å². The zero-order valence-corrected chi connectivity index (χ0v) is 13.9. The van der Waals surface area contributed by atoms with Gasteiger partial charge in [-0.1, -0.05) is 6.07 Å². The summed E-state index contributed by atoms with van der Waals surface area (Å²) in [5, 5.41) is 13.2. The van der Waals surface area contributed by atoms with Crippen molar-refractivity contribution in [2.24, 2.45) is 0 Å². The van der Waals surface area contributed by atoms with Crippen LogP contribution >= 0.6 is 0 Å². The molecule has 0 aliphatic rings. The summed E-state index contributed by atoms with van der Waals surface area (Å²) in [6.07, 6.45) is 4.68. The van der Waals surface area contributed by atoms with E-state index in [1.807, 2.05) is 0 Å². The SMILES string of the molecule is Cc1ccc(S(=O)(=O)Nc2ccc(-n3cccn3)nc2)cc1C(=O)O. The van der Waals surface area contributed by atoms with Gasteiger partial charge >= 0.3 is 5.97 Å². The summed E-state index contributed by atoms with van der Waals surface area (Å²) in [6, 6.07) is 8.85. The molecule has 25 heavy (non-hydrogen) atoms. The lowest BCUT2D eigenvalue weighted by atomic mass is 10.1. The first-order valence-electron chi connectivity index (χ1n) is 7.20. The molecule has 0 saturated heterocycles. The molecule has 1 aromatic carbocycles. The van der Waals surface area contributed by atoms with Gasteiger partial charge in [0.25, 0.3) is 10.0 Å². The highest BCUT2D eigenvalue weighted by Gasteiger charge is 2.18. The summed E-state index contributed by atoms with van der Waals surface area (Å²) in [4.78, 5) is 15.2. The number of anilines is 1. The molecule has 0 fully saturated rings. The Kier molecular flexibility index (Phi) is 4.24. The quantitative estimate of drug-likeness (QED) is 0.722. The number of hydrogen-bond acceptors (Lipinski definition) is 5. The summed E-state index contributed by atoms with van der Waals surface area (Å²) in [5.41, 5.74) is 0.681. The minimum Gasteiger partial charge on any atom is -0.478 e. The first-order valence-corrected chi connectivity index (χ1v) is 8.68. The molecule has 2 N–H and O–H groups in total. The van der Waals surface area contributed by atoms with Gasteiger partial charge in [0, 0.05) is 12.4 Å². The molecule has 0 bridgehead atoms. The Morgan fingerprint density at radius 2 is 2.04 bits per heavy atom. The van der Waals surface area contributed by atoms with Crippen molar-refractivity contribution >= 4 is 21.7 Å². The molecule has 2 heterocycles. The lowest BCUT2D eigenvalue weighted by Gasteiger charge is -2.10. The van der Waals surface area contributed by atoms with Crippen LogP contribution < -0.4 is 4.72 Å². The van der Waals surface area contributed by atoms with Crippen molar-refractivity contribution in [3.63, 3.8) is 0 Å². The Balaban J connectivity index is 1.86. The fourth-order valence-electron chi connectivity index (χ4n) is 2.20. The van der Waals surface area contributed by atoms with Crippen LogP contribution in [0.25, 0.3) is 5.82 Å². The Morgan fingerprint density at radius 1 is 1.24 bits per heavy atom. The van der Waals surface area contributed by atoms with E-state index in [0.717, 1.165) is 6.07 Å². The number of benzene rings is 1. The third kappa shape index (κ3) is 3.50. The van der Waals surface area contributed by atoms with Crippen molar-refractivity contribution in [2.45, 2.75) is 11.8 Å². The first-order chi connectivity index (χ1) is 11.9. The third-order valence-corrected chi connectivity index (χ3v) is 4.87. The van der Waals surface area contributed by atoms with E-state index in [1.54, 1.807) is 37.5 Å². The van der Waals surface area contributed by atoms with E-state index in [4.69, 9.17) is 5.11 Å². The van der Waals surface area contributed by atoms with Crippen LogP contribution in [0.15, 0.2) is 59.9 Å². The fraction of sp³-hybridized carbons (Fsp3) is 0.0625. The number of aryl methyl sites for hydroxylation is 1. The van der Waals surface area contributed by atoms with Crippen molar-refractivity contribution in [1.82, 2.24) is 14.8 Å². The smallest absolute Gasteiger partial charge is 0.335 e. The summed E-state index contributed by atoms with van der Waals surface area (Å²) in [5.74, 6) is -0.642. The topological polar surface area (TPSA) is 114 Å². The second-order valence-corrected chi connectivity index (χ2v) is 6.93. The van der Waals surface area contributed by atoms with Crippen molar-refractivity contribution in [3.8, 4) is 5.82 Å². The number of aromatic nitrogens is 3. The monoisotopic (exact) mass is 358 g/mol. The van der Waals surface area contributed by atoms with Gasteiger partial charge in [0.05, 0.1) is 22.3 Å². The van der Waals surface area contributed by atoms with E-state index in [2.05, 4.69) is 14.8 Å². The average Bonchev–Trinajstić information content (AvgIpc) is 3.09. The minimum absolute atomic E-state index is 0.0602. The highest BCUT2D eigenvalue weighted by atomic mass is 32.2. The normalized spacial score (nSPS) is 11.2. The summed E-state index contributed by atoms with van der Waals surface area (Å²) in [7, 11) is -3.93. The van der Waals surface area contributed by atoms with Crippen molar-refractivity contribution in [3.05, 3.63) is 66.1 Å². The average molecular weight is 358 g/mol. The van der Waals surface area contributed by atoms with Gasteiger partial charge in [-0.15, -0.1) is 0 Å². The molecule has 0 aliphatic heterocycles. The van der Waals surface area contributed by atoms with Crippen molar-refractivity contribution < 1.29 is 18.3 Å². The second-order valence-electron chi connectivity index (χ2n) is 5.24. The molecule has 3 aromatic rings. The van der Waals surface area contributed by atoms with Crippen LogP contribution in [0, 0.1) is 6.92 Å². The molecule has 2 aromatic heterocycles. The van der Waals surface area contributed by atoms with Crippen LogP contribution in [0.5, 0.6) is 0 Å². The molecule has 3 rings (SSSR count). The van der Waals surface area contributed by atoms with E-state index < -0.39 is 16.0 Å². The predicted octanol–water partition coefficient (Wildman–Crippen LogP) is 2.07. The molecule has 0 saturated carbocycles. The summed E-state index contributed by atoms with van der Waals surface area (Å²) in [6.45, 7) is 1.60. The Hall–Kier alpha value is -3.20. The number of rotatable bonds is 5. The van der Waals surface area contributed by atoms with Gasteiger partial charge in [0.2, 0.25) is 0 Å². The Morgan fingerprint density at radius 3 is 2.64 bits per heavy atom. The third-order valence-electron chi connectivity index (χ3n) is 3.49. The Bertz CT molecular complexity index is 1010. The maximum atomic E-state index is 12.5. The highest BCUT2D eigenvalue weighted by Crippen LogP contribution is 2.19. The number of carbonyl (C=O) groups is 1.